The standard InChI is InChI=1S/C20H17ClFNO/c1-24-18-10-7-15(11-13-5-8-17(23)9-6-13)20(22)19(18)14-3-2-4-16(21)12-14/h2-10,12H,11,23H2,1H3. The maximum Gasteiger partial charge on any atom is 0.138 e. The van der Waals surface area contributed by atoms with Gasteiger partial charge in [-0.05, 0) is 47.0 Å². The van der Waals surface area contributed by atoms with E-state index < -0.39 is 0 Å². The number of benzene rings is 3. The molecule has 3 aromatic rings. The number of nitrogens with two attached hydrogens (primary N) is 1. The zero-order valence-electron chi connectivity index (χ0n) is 13.2. The van der Waals surface area contributed by atoms with Gasteiger partial charge in [-0.3, -0.25) is 0 Å². The van der Waals surface area contributed by atoms with E-state index in [0.29, 0.717) is 39.6 Å². The lowest BCUT2D eigenvalue weighted by Crippen LogP contribution is -1.99. The topological polar surface area (TPSA) is 35.2 Å². The van der Waals surface area contributed by atoms with Crippen LogP contribution in [0.15, 0.2) is 60.7 Å². The van der Waals surface area contributed by atoms with Crippen LogP contribution in [0.5, 0.6) is 5.75 Å². The molecule has 0 aliphatic carbocycles. The Hall–Kier alpha value is -2.52. The Morgan fingerprint density at radius 3 is 2.46 bits per heavy atom. The van der Waals surface area contributed by atoms with Gasteiger partial charge in [0.25, 0.3) is 0 Å². The third-order valence-corrected chi connectivity index (χ3v) is 4.13. The van der Waals surface area contributed by atoms with E-state index in [-0.39, 0.29) is 5.82 Å². The molecule has 0 fully saturated rings. The second-order valence-electron chi connectivity index (χ2n) is 5.54. The first-order valence-electron chi connectivity index (χ1n) is 7.54. The van der Waals surface area contributed by atoms with Crippen LogP contribution in [0.3, 0.4) is 0 Å². The molecule has 3 rings (SSSR count). The van der Waals surface area contributed by atoms with Crippen molar-refractivity contribution in [2.24, 2.45) is 0 Å². The van der Waals surface area contributed by atoms with Crippen LogP contribution in [0.2, 0.25) is 5.02 Å². The molecule has 2 nitrogen and oxygen atoms in total. The van der Waals surface area contributed by atoms with Crippen molar-refractivity contribution in [1.29, 1.82) is 0 Å². The summed E-state index contributed by atoms with van der Waals surface area (Å²) >= 11 is 6.05. The van der Waals surface area contributed by atoms with Gasteiger partial charge in [0.1, 0.15) is 11.6 Å². The normalized spacial score (nSPS) is 10.6. The molecule has 0 heterocycles. The minimum Gasteiger partial charge on any atom is -0.496 e. The number of anilines is 1. The first-order chi connectivity index (χ1) is 11.6. The Labute approximate surface area is 145 Å². The number of rotatable bonds is 4. The van der Waals surface area contributed by atoms with Crippen LogP contribution in [0, 0.1) is 5.82 Å². The van der Waals surface area contributed by atoms with Gasteiger partial charge in [0.15, 0.2) is 0 Å². The van der Waals surface area contributed by atoms with Gasteiger partial charge in [0.2, 0.25) is 0 Å². The van der Waals surface area contributed by atoms with Gasteiger partial charge < -0.3 is 10.5 Å². The van der Waals surface area contributed by atoms with Crippen molar-refractivity contribution in [3.63, 3.8) is 0 Å². The summed E-state index contributed by atoms with van der Waals surface area (Å²) in [6.07, 6.45) is 0.476. The molecule has 0 unspecified atom stereocenters. The monoisotopic (exact) mass is 341 g/mol. The van der Waals surface area contributed by atoms with Crippen molar-refractivity contribution < 1.29 is 9.13 Å². The highest BCUT2D eigenvalue weighted by Crippen LogP contribution is 2.36. The van der Waals surface area contributed by atoms with E-state index in [4.69, 9.17) is 22.1 Å². The van der Waals surface area contributed by atoms with Crippen LogP contribution in [0.1, 0.15) is 11.1 Å². The molecule has 0 atom stereocenters. The molecule has 0 aliphatic heterocycles. The molecular weight excluding hydrogens is 325 g/mol. The molecule has 0 saturated heterocycles. The smallest absolute Gasteiger partial charge is 0.138 e. The molecule has 4 heteroatoms. The van der Waals surface area contributed by atoms with E-state index in [1.165, 1.54) is 7.11 Å². The minimum atomic E-state index is -0.298. The fourth-order valence-electron chi connectivity index (χ4n) is 2.68. The highest BCUT2D eigenvalue weighted by molar-refractivity contribution is 6.30. The number of methoxy groups -OCH3 is 1. The molecule has 0 amide bonds. The molecule has 3 aromatic carbocycles. The summed E-state index contributed by atoms with van der Waals surface area (Å²) < 4.78 is 20.5. The molecule has 2 N–H and O–H groups in total. The van der Waals surface area contributed by atoms with Crippen molar-refractivity contribution in [2.75, 3.05) is 12.8 Å². The van der Waals surface area contributed by atoms with Crippen molar-refractivity contribution in [2.45, 2.75) is 6.42 Å². The van der Waals surface area contributed by atoms with Crippen LogP contribution in [-0.4, -0.2) is 7.11 Å². The van der Waals surface area contributed by atoms with Crippen LogP contribution < -0.4 is 10.5 Å². The zero-order valence-corrected chi connectivity index (χ0v) is 14.0. The second-order valence-corrected chi connectivity index (χ2v) is 5.98. The molecule has 122 valence electrons. The summed E-state index contributed by atoms with van der Waals surface area (Å²) in [5, 5.41) is 0.554. The second kappa shape index (κ2) is 6.93. The molecule has 0 saturated carbocycles. The van der Waals surface area contributed by atoms with Gasteiger partial charge in [-0.25, -0.2) is 4.39 Å². The fourth-order valence-corrected chi connectivity index (χ4v) is 2.87. The highest BCUT2D eigenvalue weighted by Gasteiger charge is 2.16. The number of nitrogen functional groups attached to an aromatic ring is 1. The van der Waals surface area contributed by atoms with E-state index in [1.807, 2.05) is 30.3 Å². The van der Waals surface area contributed by atoms with E-state index in [0.717, 1.165) is 5.56 Å². The number of hydrogen-bond acceptors (Lipinski definition) is 2. The molecule has 0 radical (unpaired) electrons. The third-order valence-electron chi connectivity index (χ3n) is 3.89. The minimum absolute atomic E-state index is 0.298. The summed E-state index contributed by atoms with van der Waals surface area (Å²) in [7, 11) is 1.53. The van der Waals surface area contributed by atoms with Crippen LogP contribution in [-0.2, 0) is 6.42 Å². The molecule has 0 spiro atoms. The zero-order chi connectivity index (χ0) is 17.1. The maximum absolute atomic E-state index is 15.2. The Kier molecular flexibility index (Phi) is 4.72. The highest BCUT2D eigenvalue weighted by atomic mass is 35.5. The van der Waals surface area contributed by atoms with E-state index in [9.17, 15) is 0 Å². The third kappa shape index (κ3) is 3.36. The predicted octanol–water partition coefficient (Wildman–Crippen LogP) is 5.33. The first kappa shape index (κ1) is 16.3. The summed E-state index contributed by atoms with van der Waals surface area (Å²) in [4.78, 5) is 0. The van der Waals surface area contributed by atoms with Crippen LogP contribution >= 0.6 is 11.6 Å². The van der Waals surface area contributed by atoms with E-state index in [1.54, 1.807) is 30.3 Å². The van der Waals surface area contributed by atoms with Gasteiger partial charge in [-0.15, -0.1) is 0 Å². The van der Waals surface area contributed by atoms with Gasteiger partial charge in [-0.1, -0.05) is 41.9 Å². The Morgan fingerprint density at radius 1 is 1.04 bits per heavy atom. The summed E-state index contributed by atoms with van der Waals surface area (Å²) in [6.45, 7) is 0. The Bertz CT molecular complexity index is 862. The lowest BCUT2D eigenvalue weighted by molar-refractivity contribution is 0.413. The molecule has 0 aromatic heterocycles. The molecule has 0 aliphatic rings. The van der Waals surface area contributed by atoms with Crippen molar-refractivity contribution in [3.05, 3.63) is 82.6 Å². The maximum atomic E-state index is 15.2. The first-order valence-corrected chi connectivity index (χ1v) is 7.92. The van der Waals surface area contributed by atoms with Crippen molar-refractivity contribution in [3.8, 4) is 16.9 Å². The predicted molar refractivity (Wildman–Crippen MR) is 97.1 cm³/mol. The lowest BCUT2D eigenvalue weighted by atomic mass is 9.97. The van der Waals surface area contributed by atoms with E-state index in [2.05, 4.69) is 0 Å². The quantitative estimate of drug-likeness (QED) is 0.651. The fraction of sp³-hybridized carbons (Fsp3) is 0.100. The van der Waals surface area contributed by atoms with Crippen molar-refractivity contribution >= 4 is 17.3 Å². The van der Waals surface area contributed by atoms with Crippen molar-refractivity contribution in [1.82, 2.24) is 0 Å². The Morgan fingerprint density at radius 2 is 1.79 bits per heavy atom. The molecular formula is C20H17ClFNO. The van der Waals surface area contributed by atoms with Crippen LogP contribution in [0.25, 0.3) is 11.1 Å². The average Bonchev–Trinajstić information content (AvgIpc) is 2.58. The number of halogens is 2. The number of hydrogen-bond donors (Lipinski definition) is 1. The summed E-state index contributed by atoms with van der Waals surface area (Å²) in [6, 6.07) is 18.1. The lowest BCUT2D eigenvalue weighted by Gasteiger charge is -2.14. The van der Waals surface area contributed by atoms with Gasteiger partial charge in [0.05, 0.1) is 12.7 Å². The van der Waals surface area contributed by atoms with Gasteiger partial charge in [0, 0.05) is 17.1 Å². The Balaban J connectivity index is 2.06. The van der Waals surface area contributed by atoms with E-state index >= 15 is 4.39 Å². The average molecular weight is 342 g/mol. The SMILES string of the molecule is COc1ccc(Cc2ccc(N)cc2)c(F)c1-c1cccc(Cl)c1. The molecule has 0 bridgehead atoms. The summed E-state index contributed by atoms with van der Waals surface area (Å²) in [5.41, 5.74) is 9.09. The van der Waals surface area contributed by atoms with Crippen LogP contribution in [0.4, 0.5) is 10.1 Å². The van der Waals surface area contributed by atoms with Gasteiger partial charge in [-0.2, -0.15) is 0 Å². The van der Waals surface area contributed by atoms with Gasteiger partial charge >= 0.3 is 0 Å². The largest absolute Gasteiger partial charge is 0.496 e. The molecule has 24 heavy (non-hydrogen) atoms. The number of ether oxygens (including phenoxy) is 1. The summed E-state index contributed by atoms with van der Waals surface area (Å²) in [5.74, 6) is 0.185.